The smallest absolute Gasteiger partial charge is 0.291 e. The number of carbonyl (C=O) groups excluding carboxylic acids is 1. The lowest BCUT2D eigenvalue weighted by molar-refractivity contribution is 0.0950. The first-order chi connectivity index (χ1) is 12.1. The second-order valence-corrected chi connectivity index (χ2v) is 5.44. The number of aryl methyl sites for hydroxylation is 1. The van der Waals surface area contributed by atoms with Crippen molar-refractivity contribution in [2.75, 3.05) is 7.11 Å². The Bertz CT molecular complexity index is 907. The highest BCUT2D eigenvalue weighted by atomic mass is 16.5. The average molecular weight is 338 g/mol. The fourth-order valence-corrected chi connectivity index (χ4v) is 2.23. The molecule has 0 aliphatic heterocycles. The minimum Gasteiger partial charge on any atom is -0.497 e. The van der Waals surface area contributed by atoms with Crippen LogP contribution in [-0.2, 0) is 0 Å². The summed E-state index contributed by atoms with van der Waals surface area (Å²) in [6.07, 6.45) is 0. The summed E-state index contributed by atoms with van der Waals surface area (Å²) in [5.74, 6) is 1.77. The van der Waals surface area contributed by atoms with Crippen LogP contribution in [0.4, 0.5) is 0 Å². The maximum Gasteiger partial charge on any atom is 0.291 e. The van der Waals surface area contributed by atoms with Gasteiger partial charge in [-0.25, -0.2) is 5.43 Å². The first-order valence-electron chi connectivity index (χ1n) is 7.68. The van der Waals surface area contributed by atoms with E-state index >= 15 is 0 Å². The van der Waals surface area contributed by atoms with Crippen molar-refractivity contribution >= 4 is 11.6 Å². The van der Waals surface area contributed by atoms with Crippen LogP contribution in [-0.4, -0.2) is 28.9 Å². The second-order valence-electron chi connectivity index (χ2n) is 5.44. The average Bonchev–Trinajstić information content (AvgIpc) is 3.28. The first kappa shape index (κ1) is 16.5. The highest BCUT2D eigenvalue weighted by Crippen LogP contribution is 2.20. The molecule has 7 nitrogen and oxygen atoms in total. The third-order valence-corrected chi connectivity index (χ3v) is 3.65. The summed E-state index contributed by atoms with van der Waals surface area (Å²) in [7, 11) is 1.61. The van der Waals surface area contributed by atoms with Crippen LogP contribution in [0.5, 0.6) is 5.75 Å². The highest BCUT2D eigenvalue weighted by molar-refractivity contribution is 6.00. The van der Waals surface area contributed by atoms with Crippen molar-refractivity contribution in [1.82, 2.24) is 15.6 Å². The van der Waals surface area contributed by atoms with Gasteiger partial charge in [0, 0.05) is 6.07 Å². The number of methoxy groups -OCH3 is 1. The molecule has 0 bridgehead atoms. The summed E-state index contributed by atoms with van der Waals surface area (Å²) in [5.41, 5.74) is 4.92. The molecule has 1 amide bonds. The van der Waals surface area contributed by atoms with Crippen molar-refractivity contribution in [3.05, 3.63) is 59.5 Å². The lowest BCUT2D eigenvalue weighted by Gasteiger charge is -2.03. The fourth-order valence-electron chi connectivity index (χ4n) is 2.23. The third-order valence-electron chi connectivity index (χ3n) is 3.65. The molecule has 128 valence electrons. The summed E-state index contributed by atoms with van der Waals surface area (Å²) in [6.45, 7) is 3.66. The Morgan fingerprint density at radius 3 is 2.64 bits per heavy atom. The van der Waals surface area contributed by atoms with Gasteiger partial charge < -0.3 is 9.15 Å². The number of carbonyl (C=O) groups is 1. The van der Waals surface area contributed by atoms with Crippen LogP contribution in [0.1, 0.15) is 28.7 Å². The Labute approximate surface area is 144 Å². The number of hydrazone groups is 1. The molecule has 1 aromatic carbocycles. The molecule has 0 spiro atoms. The zero-order chi connectivity index (χ0) is 17.8. The van der Waals surface area contributed by atoms with E-state index in [9.17, 15) is 4.79 Å². The van der Waals surface area contributed by atoms with Gasteiger partial charge in [0.1, 0.15) is 17.2 Å². The number of rotatable bonds is 5. The number of nitrogens with one attached hydrogen (secondary N) is 2. The SMILES string of the molecule is COc1ccc(C(C)=NNC(=O)c2cc(-c3ccc(C)o3)[nH]n2)cc1. The number of H-pyrrole nitrogens is 1. The monoisotopic (exact) mass is 338 g/mol. The standard InChI is InChI=1S/C18H18N4O3/c1-11-4-9-17(25-11)15-10-16(21-20-15)18(23)22-19-12(2)13-5-7-14(24-3)8-6-13/h4-10H,1-3H3,(H,20,21)(H,22,23). The number of hydrogen-bond donors (Lipinski definition) is 2. The zero-order valence-electron chi connectivity index (χ0n) is 14.2. The summed E-state index contributed by atoms with van der Waals surface area (Å²) >= 11 is 0. The minimum absolute atomic E-state index is 0.232. The highest BCUT2D eigenvalue weighted by Gasteiger charge is 2.13. The van der Waals surface area contributed by atoms with Gasteiger partial charge in [-0.2, -0.15) is 10.2 Å². The molecule has 0 aliphatic rings. The van der Waals surface area contributed by atoms with Crippen molar-refractivity contribution in [2.24, 2.45) is 5.10 Å². The van der Waals surface area contributed by atoms with E-state index in [1.807, 2.05) is 50.2 Å². The quantitative estimate of drug-likeness (QED) is 0.552. The topological polar surface area (TPSA) is 92.5 Å². The molecule has 0 unspecified atom stereocenters. The predicted molar refractivity (Wildman–Crippen MR) is 93.7 cm³/mol. The number of ether oxygens (including phenoxy) is 1. The van der Waals surface area contributed by atoms with Gasteiger partial charge in [-0.3, -0.25) is 9.89 Å². The van der Waals surface area contributed by atoms with Crippen LogP contribution in [0.25, 0.3) is 11.5 Å². The predicted octanol–water partition coefficient (Wildman–Crippen LogP) is 3.14. The number of benzene rings is 1. The van der Waals surface area contributed by atoms with Gasteiger partial charge >= 0.3 is 0 Å². The molecule has 0 radical (unpaired) electrons. The third kappa shape index (κ3) is 3.77. The van der Waals surface area contributed by atoms with E-state index in [1.165, 1.54) is 0 Å². The Hall–Kier alpha value is -3.35. The molecule has 0 fully saturated rings. The molecule has 7 heteroatoms. The van der Waals surface area contributed by atoms with Crippen molar-refractivity contribution in [3.8, 4) is 17.2 Å². The first-order valence-corrected chi connectivity index (χ1v) is 7.68. The van der Waals surface area contributed by atoms with E-state index in [-0.39, 0.29) is 5.69 Å². The van der Waals surface area contributed by atoms with Crippen LogP contribution < -0.4 is 10.2 Å². The molecule has 0 saturated carbocycles. The molecule has 0 atom stereocenters. The van der Waals surface area contributed by atoms with Crippen LogP contribution in [0.3, 0.4) is 0 Å². The Kier molecular flexibility index (Phi) is 4.65. The molecule has 2 aromatic heterocycles. The summed E-state index contributed by atoms with van der Waals surface area (Å²) < 4.78 is 10.6. The van der Waals surface area contributed by atoms with E-state index in [4.69, 9.17) is 9.15 Å². The van der Waals surface area contributed by atoms with Crippen molar-refractivity contribution in [1.29, 1.82) is 0 Å². The maximum absolute atomic E-state index is 12.2. The lowest BCUT2D eigenvalue weighted by atomic mass is 10.1. The maximum atomic E-state index is 12.2. The second kappa shape index (κ2) is 7.04. The van der Waals surface area contributed by atoms with E-state index in [1.54, 1.807) is 13.2 Å². The molecule has 3 aromatic rings. The van der Waals surface area contributed by atoms with Gasteiger partial charge in [0.2, 0.25) is 0 Å². The molecular formula is C18H18N4O3. The van der Waals surface area contributed by atoms with Gasteiger partial charge in [0.15, 0.2) is 11.5 Å². The lowest BCUT2D eigenvalue weighted by Crippen LogP contribution is -2.19. The minimum atomic E-state index is -0.404. The molecule has 2 N–H and O–H groups in total. The van der Waals surface area contributed by atoms with E-state index in [2.05, 4.69) is 20.7 Å². The van der Waals surface area contributed by atoms with Crippen LogP contribution in [0.15, 0.2) is 52.0 Å². The number of furan rings is 1. The number of amides is 1. The van der Waals surface area contributed by atoms with Gasteiger partial charge in [0.05, 0.1) is 12.8 Å². The molecular weight excluding hydrogens is 320 g/mol. The van der Waals surface area contributed by atoms with Gasteiger partial charge in [0.25, 0.3) is 5.91 Å². The normalized spacial score (nSPS) is 11.4. The zero-order valence-corrected chi connectivity index (χ0v) is 14.2. The van der Waals surface area contributed by atoms with Crippen LogP contribution >= 0.6 is 0 Å². The van der Waals surface area contributed by atoms with Crippen molar-refractivity contribution in [2.45, 2.75) is 13.8 Å². The van der Waals surface area contributed by atoms with Gasteiger partial charge in [-0.15, -0.1) is 0 Å². The van der Waals surface area contributed by atoms with Gasteiger partial charge in [-0.1, -0.05) is 0 Å². The fraction of sp³-hybridized carbons (Fsp3) is 0.167. The van der Waals surface area contributed by atoms with E-state index in [0.717, 1.165) is 17.1 Å². The molecule has 25 heavy (non-hydrogen) atoms. The number of nitrogens with zero attached hydrogens (tertiary/aromatic N) is 2. The molecule has 3 rings (SSSR count). The largest absolute Gasteiger partial charge is 0.497 e. The Balaban J connectivity index is 1.68. The molecule has 0 aliphatic carbocycles. The molecule has 0 saturated heterocycles. The Morgan fingerprint density at radius 2 is 2.00 bits per heavy atom. The van der Waals surface area contributed by atoms with E-state index in [0.29, 0.717) is 17.2 Å². The van der Waals surface area contributed by atoms with Crippen LogP contribution in [0.2, 0.25) is 0 Å². The summed E-state index contributed by atoms with van der Waals surface area (Å²) in [6, 6.07) is 12.7. The number of aromatic amines is 1. The molecule has 2 heterocycles. The van der Waals surface area contributed by atoms with Crippen molar-refractivity contribution < 1.29 is 13.9 Å². The summed E-state index contributed by atoms with van der Waals surface area (Å²) in [5, 5.41) is 10.9. The van der Waals surface area contributed by atoms with E-state index < -0.39 is 5.91 Å². The Morgan fingerprint density at radius 1 is 1.24 bits per heavy atom. The van der Waals surface area contributed by atoms with Gasteiger partial charge in [-0.05, 0) is 55.8 Å². The van der Waals surface area contributed by atoms with Crippen LogP contribution in [0, 0.1) is 6.92 Å². The van der Waals surface area contributed by atoms with Crippen molar-refractivity contribution in [3.63, 3.8) is 0 Å². The summed E-state index contributed by atoms with van der Waals surface area (Å²) in [4.78, 5) is 12.2. The number of hydrogen-bond acceptors (Lipinski definition) is 5. The number of aromatic nitrogens is 2.